The van der Waals surface area contributed by atoms with Crippen LogP contribution in [0.2, 0.25) is 5.02 Å². The third-order valence-corrected chi connectivity index (χ3v) is 4.47. The molecule has 0 aliphatic heterocycles. The van der Waals surface area contributed by atoms with E-state index in [9.17, 15) is 0 Å². The van der Waals surface area contributed by atoms with Crippen LogP contribution < -0.4 is 10.6 Å². The van der Waals surface area contributed by atoms with Crippen LogP contribution in [0.15, 0.2) is 48.5 Å². The van der Waals surface area contributed by atoms with E-state index in [-0.39, 0.29) is 0 Å². The van der Waals surface area contributed by atoms with E-state index in [4.69, 9.17) is 16.6 Å². The van der Waals surface area contributed by atoms with Crippen LogP contribution in [-0.4, -0.2) is 39.7 Å². The predicted octanol–water partition coefficient (Wildman–Crippen LogP) is 3.15. The number of nitrogens with one attached hydrogen (secondary N) is 2. The lowest BCUT2D eigenvalue weighted by Crippen LogP contribution is -2.20. The summed E-state index contributed by atoms with van der Waals surface area (Å²) in [5.41, 5.74) is 2.76. The Bertz CT molecular complexity index is 1040. The highest BCUT2D eigenvalue weighted by Gasteiger charge is 2.15. The molecule has 0 saturated heterocycles. The van der Waals surface area contributed by atoms with E-state index in [1.54, 1.807) is 0 Å². The summed E-state index contributed by atoms with van der Waals surface area (Å²) in [4.78, 5) is 4.77. The number of aromatic nitrogens is 4. The number of rotatable bonds is 6. The summed E-state index contributed by atoms with van der Waals surface area (Å²) in [6.45, 7) is 1.57. The Morgan fingerprint density at radius 3 is 2.69 bits per heavy atom. The third kappa shape index (κ3) is 3.21. The van der Waals surface area contributed by atoms with Crippen molar-refractivity contribution in [3.63, 3.8) is 0 Å². The molecule has 4 rings (SSSR count). The predicted molar refractivity (Wildman–Crippen MR) is 105 cm³/mol. The molecule has 26 heavy (non-hydrogen) atoms. The summed E-state index contributed by atoms with van der Waals surface area (Å²) >= 11 is 6.15. The van der Waals surface area contributed by atoms with Gasteiger partial charge < -0.3 is 10.6 Å². The second kappa shape index (κ2) is 7.27. The molecule has 0 spiro atoms. The number of nitrogens with zero attached hydrogens (tertiary/aromatic N) is 4. The van der Waals surface area contributed by atoms with Crippen LogP contribution >= 0.6 is 11.6 Å². The average molecular weight is 367 g/mol. The Morgan fingerprint density at radius 1 is 1.04 bits per heavy atom. The van der Waals surface area contributed by atoms with Gasteiger partial charge in [-0.25, -0.2) is 9.38 Å². The fraction of sp³-hybridized carbons (Fsp3) is 0.211. The molecule has 0 atom stereocenters. The van der Waals surface area contributed by atoms with Gasteiger partial charge in [-0.1, -0.05) is 41.9 Å². The molecular formula is C19H19ClN6. The Balaban J connectivity index is 1.86. The van der Waals surface area contributed by atoms with Crippen molar-refractivity contribution in [1.82, 2.24) is 24.9 Å². The van der Waals surface area contributed by atoms with Gasteiger partial charge in [0.25, 0.3) is 0 Å². The largest absolute Gasteiger partial charge is 0.354 e. The first kappa shape index (κ1) is 16.8. The van der Waals surface area contributed by atoms with Crippen molar-refractivity contribution in [2.75, 3.05) is 25.5 Å². The van der Waals surface area contributed by atoms with E-state index in [1.807, 2.05) is 47.8 Å². The molecule has 2 heterocycles. The second-order valence-corrected chi connectivity index (χ2v) is 6.50. The van der Waals surface area contributed by atoms with E-state index >= 15 is 0 Å². The first-order valence-electron chi connectivity index (χ1n) is 8.52. The topological polar surface area (TPSA) is 67.1 Å². The van der Waals surface area contributed by atoms with Gasteiger partial charge in [-0.2, -0.15) is 0 Å². The van der Waals surface area contributed by atoms with Gasteiger partial charge in [0.15, 0.2) is 5.65 Å². The molecule has 2 N–H and O–H groups in total. The smallest absolute Gasteiger partial charge is 0.210 e. The Labute approximate surface area is 156 Å². The molecule has 0 aliphatic carbocycles. The highest BCUT2D eigenvalue weighted by Crippen LogP contribution is 2.25. The Kier molecular flexibility index (Phi) is 4.69. The molecule has 132 valence electrons. The molecule has 0 amide bonds. The second-order valence-electron chi connectivity index (χ2n) is 6.06. The van der Waals surface area contributed by atoms with Crippen molar-refractivity contribution in [2.45, 2.75) is 6.42 Å². The van der Waals surface area contributed by atoms with Gasteiger partial charge >= 0.3 is 0 Å². The molecule has 2 aromatic carbocycles. The maximum atomic E-state index is 6.15. The van der Waals surface area contributed by atoms with Crippen molar-refractivity contribution in [3.8, 4) is 0 Å². The minimum absolute atomic E-state index is 0.652. The van der Waals surface area contributed by atoms with Crippen molar-refractivity contribution < 1.29 is 0 Å². The van der Waals surface area contributed by atoms with Crippen LogP contribution in [0.25, 0.3) is 16.6 Å². The first-order chi connectivity index (χ1) is 12.8. The van der Waals surface area contributed by atoms with Gasteiger partial charge in [-0.05, 0) is 30.8 Å². The molecule has 0 aliphatic rings. The maximum absolute atomic E-state index is 6.15. The first-order valence-corrected chi connectivity index (χ1v) is 8.90. The number of benzene rings is 2. The van der Waals surface area contributed by atoms with E-state index in [0.29, 0.717) is 11.4 Å². The Morgan fingerprint density at radius 2 is 1.88 bits per heavy atom. The normalized spacial score (nSPS) is 11.3. The molecule has 0 fully saturated rings. The average Bonchev–Trinajstić information content (AvgIpc) is 3.06. The molecule has 0 radical (unpaired) electrons. The zero-order valence-electron chi connectivity index (χ0n) is 14.4. The molecule has 0 saturated carbocycles. The van der Waals surface area contributed by atoms with Crippen LogP contribution in [0.3, 0.4) is 0 Å². The van der Waals surface area contributed by atoms with Gasteiger partial charge in [0.1, 0.15) is 5.82 Å². The van der Waals surface area contributed by atoms with E-state index < -0.39 is 0 Å². The molecule has 6 nitrogen and oxygen atoms in total. The van der Waals surface area contributed by atoms with Gasteiger partial charge in [0.05, 0.1) is 5.52 Å². The zero-order valence-corrected chi connectivity index (χ0v) is 15.2. The fourth-order valence-electron chi connectivity index (χ4n) is 2.97. The number of likely N-dealkylation sites (N-methyl/N-ethyl adjacent to an activating group) is 1. The van der Waals surface area contributed by atoms with E-state index in [2.05, 4.69) is 33.0 Å². The molecule has 0 bridgehead atoms. The molecule has 2 aromatic heterocycles. The lowest BCUT2D eigenvalue weighted by molar-refractivity contribution is 0.813. The van der Waals surface area contributed by atoms with E-state index in [1.165, 1.54) is 5.56 Å². The molecule has 4 aromatic rings. The standard InChI is InChI=1S/C19H19ClN6/c1-21-9-10-22-19-23-16-12-14(20)7-8-15(16)18-25-24-17(26(18)19)11-13-5-3-2-4-6-13/h2-8,12,21H,9-11H2,1H3,(H,22,23). The van der Waals surface area contributed by atoms with Gasteiger partial charge in [0, 0.05) is 29.9 Å². The van der Waals surface area contributed by atoms with Crippen molar-refractivity contribution >= 4 is 34.1 Å². The summed E-state index contributed by atoms with van der Waals surface area (Å²) in [5.74, 6) is 1.57. The highest BCUT2D eigenvalue weighted by atomic mass is 35.5. The Hall–Kier alpha value is -2.70. The summed E-state index contributed by atoms with van der Waals surface area (Å²) in [5, 5.41) is 17.0. The summed E-state index contributed by atoms with van der Waals surface area (Å²) in [6.07, 6.45) is 0.684. The maximum Gasteiger partial charge on any atom is 0.210 e. The van der Waals surface area contributed by atoms with Crippen LogP contribution in [0, 0.1) is 0 Å². The number of halogens is 1. The fourth-order valence-corrected chi connectivity index (χ4v) is 3.14. The van der Waals surface area contributed by atoms with Gasteiger partial charge in [0.2, 0.25) is 5.95 Å². The monoisotopic (exact) mass is 366 g/mol. The zero-order chi connectivity index (χ0) is 17.9. The SMILES string of the molecule is CNCCNc1nc2cc(Cl)ccc2c2nnc(Cc3ccccc3)n12. The number of anilines is 1. The van der Waals surface area contributed by atoms with Crippen LogP contribution in [0.5, 0.6) is 0 Å². The molecule has 7 heteroatoms. The summed E-state index contributed by atoms with van der Waals surface area (Å²) in [6, 6.07) is 15.9. The lowest BCUT2D eigenvalue weighted by atomic mass is 10.1. The van der Waals surface area contributed by atoms with Gasteiger partial charge in [-0.15, -0.1) is 10.2 Å². The minimum Gasteiger partial charge on any atom is -0.354 e. The molecule has 0 unspecified atom stereocenters. The third-order valence-electron chi connectivity index (χ3n) is 4.23. The minimum atomic E-state index is 0.652. The van der Waals surface area contributed by atoms with Crippen LogP contribution in [0.1, 0.15) is 11.4 Å². The quantitative estimate of drug-likeness (QED) is 0.513. The van der Waals surface area contributed by atoms with Crippen molar-refractivity contribution in [1.29, 1.82) is 0 Å². The molecular weight excluding hydrogens is 348 g/mol. The number of fused-ring (bicyclic) bond motifs is 3. The lowest BCUT2D eigenvalue weighted by Gasteiger charge is -2.11. The van der Waals surface area contributed by atoms with E-state index in [0.717, 1.165) is 41.4 Å². The summed E-state index contributed by atoms with van der Waals surface area (Å²) < 4.78 is 2.00. The van der Waals surface area contributed by atoms with Crippen molar-refractivity contribution in [2.24, 2.45) is 0 Å². The van der Waals surface area contributed by atoms with Gasteiger partial charge in [-0.3, -0.25) is 0 Å². The highest BCUT2D eigenvalue weighted by molar-refractivity contribution is 6.31. The summed E-state index contributed by atoms with van der Waals surface area (Å²) in [7, 11) is 1.92. The number of hydrogen-bond acceptors (Lipinski definition) is 5. The number of hydrogen-bond donors (Lipinski definition) is 2. The van der Waals surface area contributed by atoms with Crippen LogP contribution in [-0.2, 0) is 6.42 Å². The van der Waals surface area contributed by atoms with Crippen LogP contribution in [0.4, 0.5) is 5.95 Å². The van der Waals surface area contributed by atoms with Crippen molar-refractivity contribution in [3.05, 3.63) is 64.9 Å².